The number of furan rings is 1. The van der Waals surface area contributed by atoms with Crippen LogP contribution >= 0.6 is 0 Å². The van der Waals surface area contributed by atoms with E-state index in [4.69, 9.17) is 15.3 Å². The number of carboxylic acids is 1. The average Bonchev–Trinajstić information content (AvgIpc) is 2.74. The molecule has 0 radical (unpaired) electrons. The van der Waals surface area contributed by atoms with Gasteiger partial charge in [0.05, 0.1) is 0 Å². The third-order valence-electron chi connectivity index (χ3n) is 3.00. The van der Waals surface area contributed by atoms with E-state index in [1.807, 2.05) is 0 Å². The molecule has 2 amide bonds. The number of aliphatic carboxylic acids is 1. The number of nitrogens with two attached hydrogens (primary N) is 1. The summed E-state index contributed by atoms with van der Waals surface area (Å²) in [6.45, 7) is 0.585. The molecule has 0 saturated heterocycles. The van der Waals surface area contributed by atoms with Gasteiger partial charge in [0.2, 0.25) is 5.91 Å². The van der Waals surface area contributed by atoms with E-state index in [1.54, 1.807) is 31.2 Å². The number of carbonyl (C=O) groups is 3. The van der Waals surface area contributed by atoms with E-state index in [-0.39, 0.29) is 5.76 Å². The normalized spacial score (nSPS) is 10.5. The molecule has 0 fully saturated rings. The lowest BCUT2D eigenvalue weighted by molar-refractivity contribution is -0.138. The monoisotopic (exact) mass is 290 g/mol. The van der Waals surface area contributed by atoms with Crippen LogP contribution in [0.3, 0.4) is 0 Å². The Bertz CT molecular complexity index is 703. The quantitative estimate of drug-likeness (QED) is 0.843. The maximum absolute atomic E-state index is 12.4. The smallest absolute Gasteiger partial charge is 0.323 e. The van der Waals surface area contributed by atoms with Crippen LogP contribution in [0.15, 0.2) is 28.7 Å². The van der Waals surface area contributed by atoms with Gasteiger partial charge in [0.15, 0.2) is 5.76 Å². The molecule has 1 aromatic heterocycles. The summed E-state index contributed by atoms with van der Waals surface area (Å²) >= 11 is 0. The summed E-state index contributed by atoms with van der Waals surface area (Å²) in [6, 6.07) is 7.06. The molecular weight excluding hydrogens is 276 g/mol. The molecule has 1 aromatic carbocycles. The minimum Gasteiger partial charge on any atom is -0.480 e. The van der Waals surface area contributed by atoms with Crippen molar-refractivity contribution in [2.24, 2.45) is 5.73 Å². The minimum absolute atomic E-state index is 0.0127. The molecule has 0 bridgehead atoms. The molecule has 7 heteroatoms. The van der Waals surface area contributed by atoms with Crippen molar-refractivity contribution in [3.63, 3.8) is 0 Å². The topological polar surface area (TPSA) is 114 Å². The molecular formula is C14H14N2O5. The number of hydrogen-bond acceptors (Lipinski definition) is 4. The Hall–Kier alpha value is -2.83. The Morgan fingerprint density at radius 3 is 2.48 bits per heavy atom. The number of nitrogens with zero attached hydrogens (tertiary/aromatic N) is 1. The van der Waals surface area contributed by atoms with Crippen LogP contribution in [-0.4, -0.2) is 40.9 Å². The highest BCUT2D eigenvalue weighted by molar-refractivity contribution is 6.01. The van der Waals surface area contributed by atoms with E-state index in [1.165, 1.54) is 0 Å². The van der Waals surface area contributed by atoms with Crippen molar-refractivity contribution in [1.29, 1.82) is 0 Å². The molecule has 0 unspecified atom stereocenters. The SMILES string of the molecule is Cc1c(C(=O)N(CC(N)=O)CC(=O)O)oc2ccccc12. The molecule has 2 aromatic rings. The van der Waals surface area contributed by atoms with Crippen molar-refractivity contribution >= 4 is 28.8 Å². The maximum atomic E-state index is 12.4. The fraction of sp³-hybridized carbons (Fsp3) is 0.214. The second-order valence-corrected chi connectivity index (χ2v) is 4.57. The largest absolute Gasteiger partial charge is 0.480 e. The first-order valence-corrected chi connectivity index (χ1v) is 6.17. The first kappa shape index (κ1) is 14.6. The highest BCUT2D eigenvalue weighted by Gasteiger charge is 2.25. The summed E-state index contributed by atoms with van der Waals surface area (Å²) in [7, 11) is 0. The third-order valence-corrected chi connectivity index (χ3v) is 3.00. The van der Waals surface area contributed by atoms with Crippen molar-refractivity contribution in [3.05, 3.63) is 35.6 Å². The zero-order valence-corrected chi connectivity index (χ0v) is 11.3. The number of benzene rings is 1. The second-order valence-electron chi connectivity index (χ2n) is 4.57. The maximum Gasteiger partial charge on any atom is 0.323 e. The Kier molecular flexibility index (Phi) is 3.93. The van der Waals surface area contributed by atoms with Gasteiger partial charge in [-0.15, -0.1) is 0 Å². The van der Waals surface area contributed by atoms with Gasteiger partial charge in [-0.1, -0.05) is 18.2 Å². The Morgan fingerprint density at radius 1 is 1.24 bits per heavy atom. The van der Waals surface area contributed by atoms with Gasteiger partial charge in [-0.05, 0) is 13.0 Å². The number of carboxylic acid groups (broad SMARTS) is 1. The summed E-state index contributed by atoms with van der Waals surface area (Å²) in [5.74, 6) is -2.69. The lowest BCUT2D eigenvalue weighted by atomic mass is 10.1. The molecule has 1 heterocycles. The van der Waals surface area contributed by atoms with Gasteiger partial charge in [0, 0.05) is 10.9 Å². The van der Waals surface area contributed by atoms with Gasteiger partial charge in [-0.3, -0.25) is 14.4 Å². The van der Waals surface area contributed by atoms with Crippen molar-refractivity contribution in [2.45, 2.75) is 6.92 Å². The van der Waals surface area contributed by atoms with E-state index < -0.39 is 30.9 Å². The van der Waals surface area contributed by atoms with Gasteiger partial charge in [-0.2, -0.15) is 0 Å². The Balaban J connectivity index is 2.40. The van der Waals surface area contributed by atoms with E-state index in [9.17, 15) is 14.4 Å². The molecule has 0 aliphatic rings. The molecule has 7 nitrogen and oxygen atoms in total. The number of hydrogen-bond donors (Lipinski definition) is 2. The molecule has 0 aliphatic carbocycles. The molecule has 0 aliphatic heterocycles. The van der Waals surface area contributed by atoms with Crippen molar-refractivity contribution < 1.29 is 23.9 Å². The fourth-order valence-corrected chi connectivity index (χ4v) is 2.07. The molecule has 0 atom stereocenters. The zero-order valence-electron chi connectivity index (χ0n) is 11.3. The molecule has 3 N–H and O–H groups in total. The van der Waals surface area contributed by atoms with Crippen LogP contribution in [0.2, 0.25) is 0 Å². The van der Waals surface area contributed by atoms with Gasteiger partial charge < -0.3 is 20.2 Å². The third kappa shape index (κ3) is 3.02. The van der Waals surface area contributed by atoms with E-state index >= 15 is 0 Å². The number of para-hydroxylation sites is 1. The number of amides is 2. The summed E-state index contributed by atoms with van der Waals surface area (Å²) in [5.41, 5.74) is 6.16. The van der Waals surface area contributed by atoms with Crippen molar-refractivity contribution in [3.8, 4) is 0 Å². The predicted molar refractivity (Wildman–Crippen MR) is 73.7 cm³/mol. The van der Waals surface area contributed by atoms with Crippen LogP contribution in [0.4, 0.5) is 0 Å². The number of fused-ring (bicyclic) bond motifs is 1. The lowest BCUT2D eigenvalue weighted by Crippen LogP contribution is -2.41. The molecule has 21 heavy (non-hydrogen) atoms. The van der Waals surface area contributed by atoms with Crippen LogP contribution in [0.5, 0.6) is 0 Å². The minimum atomic E-state index is -1.24. The molecule has 2 rings (SSSR count). The summed E-state index contributed by atoms with van der Waals surface area (Å²) in [4.78, 5) is 35.0. The van der Waals surface area contributed by atoms with Crippen LogP contribution in [0, 0.1) is 6.92 Å². The highest BCUT2D eigenvalue weighted by atomic mass is 16.4. The van der Waals surface area contributed by atoms with Gasteiger partial charge in [-0.25, -0.2) is 0 Å². The molecule has 0 spiro atoms. The van der Waals surface area contributed by atoms with Crippen LogP contribution in [0.25, 0.3) is 11.0 Å². The summed E-state index contributed by atoms with van der Waals surface area (Å²) in [6.07, 6.45) is 0. The number of rotatable bonds is 5. The van der Waals surface area contributed by atoms with E-state index in [0.717, 1.165) is 10.3 Å². The van der Waals surface area contributed by atoms with Crippen LogP contribution in [0.1, 0.15) is 16.1 Å². The molecule has 0 saturated carbocycles. The zero-order chi connectivity index (χ0) is 15.6. The summed E-state index contributed by atoms with van der Waals surface area (Å²) < 4.78 is 5.47. The van der Waals surface area contributed by atoms with Crippen molar-refractivity contribution in [2.75, 3.05) is 13.1 Å². The van der Waals surface area contributed by atoms with Gasteiger partial charge in [0.1, 0.15) is 18.7 Å². The molecule has 110 valence electrons. The first-order chi connectivity index (χ1) is 9.90. The number of aryl methyl sites for hydroxylation is 1. The predicted octanol–water partition coefficient (Wildman–Crippen LogP) is 0.753. The average molecular weight is 290 g/mol. The standard InChI is InChI=1S/C14H14N2O5/c1-8-9-4-2-3-5-10(9)21-13(8)14(20)16(6-11(15)17)7-12(18)19/h2-5H,6-7H2,1H3,(H2,15,17)(H,18,19). The first-order valence-electron chi connectivity index (χ1n) is 6.17. The van der Waals surface area contributed by atoms with E-state index in [2.05, 4.69) is 0 Å². The van der Waals surface area contributed by atoms with Crippen LogP contribution in [-0.2, 0) is 9.59 Å². The summed E-state index contributed by atoms with van der Waals surface area (Å²) in [5, 5.41) is 9.58. The fourth-order valence-electron chi connectivity index (χ4n) is 2.07. The van der Waals surface area contributed by atoms with Gasteiger partial charge in [0.25, 0.3) is 5.91 Å². The van der Waals surface area contributed by atoms with Crippen molar-refractivity contribution in [1.82, 2.24) is 4.90 Å². The Morgan fingerprint density at radius 2 is 1.90 bits per heavy atom. The van der Waals surface area contributed by atoms with Crippen LogP contribution < -0.4 is 5.73 Å². The Labute approximate surface area is 119 Å². The number of carbonyl (C=O) groups excluding carboxylic acids is 2. The highest BCUT2D eigenvalue weighted by Crippen LogP contribution is 2.25. The van der Waals surface area contributed by atoms with E-state index in [0.29, 0.717) is 11.1 Å². The van der Waals surface area contributed by atoms with Gasteiger partial charge >= 0.3 is 5.97 Å². The second kappa shape index (κ2) is 5.66. The number of primary amides is 1. The lowest BCUT2D eigenvalue weighted by Gasteiger charge is -2.17.